The van der Waals surface area contributed by atoms with E-state index in [1.165, 1.54) is 31.2 Å². The fraction of sp³-hybridized carbons (Fsp3) is 0.571. The summed E-state index contributed by atoms with van der Waals surface area (Å²) < 4.78 is 5.51. The Morgan fingerprint density at radius 1 is 1.24 bits per heavy atom. The van der Waals surface area contributed by atoms with Gasteiger partial charge in [0.2, 0.25) is 0 Å². The minimum atomic E-state index is 0.0599. The molecule has 0 heterocycles. The summed E-state index contributed by atoms with van der Waals surface area (Å²) in [5.41, 5.74) is 1.17. The third-order valence-electron chi connectivity index (χ3n) is 3.26. The van der Waals surface area contributed by atoms with E-state index in [1.54, 1.807) is 0 Å². The van der Waals surface area contributed by atoms with Crippen molar-refractivity contribution in [2.24, 2.45) is 0 Å². The van der Waals surface area contributed by atoms with E-state index in [4.69, 9.17) is 9.84 Å². The third-order valence-corrected chi connectivity index (χ3v) is 3.26. The van der Waals surface area contributed by atoms with Crippen LogP contribution < -0.4 is 10.1 Å². The number of aliphatic hydroxyl groups is 1. The fourth-order valence-electron chi connectivity index (χ4n) is 2.33. The molecule has 0 saturated heterocycles. The molecule has 1 aliphatic carbocycles. The van der Waals surface area contributed by atoms with Crippen molar-refractivity contribution in [3.05, 3.63) is 29.8 Å². The minimum Gasteiger partial charge on any atom is -0.491 e. The van der Waals surface area contributed by atoms with Crippen LogP contribution in [-0.2, 0) is 6.54 Å². The van der Waals surface area contributed by atoms with Gasteiger partial charge in [-0.3, -0.25) is 0 Å². The van der Waals surface area contributed by atoms with Crippen LogP contribution in [0.4, 0.5) is 0 Å². The van der Waals surface area contributed by atoms with E-state index >= 15 is 0 Å². The lowest BCUT2D eigenvalue weighted by molar-refractivity contribution is 0.200. The molecule has 0 aromatic heterocycles. The predicted octanol–water partition coefficient (Wildman–Crippen LogP) is 2.09. The summed E-state index contributed by atoms with van der Waals surface area (Å²) in [5.74, 6) is 0.882. The summed E-state index contributed by atoms with van der Waals surface area (Å²) in [4.78, 5) is 0. The molecule has 1 saturated carbocycles. The Morgan fingerprint density at radius 2 is 2.00 bits per heavy atom. The Morgan fingerprint density at radius 3 is 2.76 bits per heavy atom. The summed E-state index contributed by atoms with van der Waals surface area (Å²) >= 11 is 0. The molecule has 0 atom stereocenters. The van der Waals surface area contributed by atoms with E-state index < -0.39 is 0 Å². The molecular formula is C14H21NO2. The van der Waals surface area contributed by atoms with Crippen LogP contribution in [0.2, 0.25) is 0 Å². The molecule has 0 unspecified atom stereocenters. The number of hydrogen-bond donors (Lipinski definition) is 2. The van der Waals surface area contributed by atoms with Crippen molar-refractivity contribution in [2.75, 3.05) is 13.2 Å². The van der Waals surface area contributed by atoms with Gasteiger partial charge in [-0.25, -0.2) is 0 Å². The standard InChI is InChI=1S/C14H21NO2/c16-9-10-17-14-8-4-1-5-12(14)11-15-13-6-2-3-7-13/h1,4-5,8,13,15-16H,2-3,6-7,9-11H2. The topological polar surface area (TPSA) is 41.5 Å². The van der Waals surface area contributed by atoms with Gasteiger partial charge in [0, 0.05) is 18.2 Å². The van der Waals surface area contributed by atoms with Gasteiger partial charge in [-0.05, 0) is 18.9 Å². The molecular weight excluding hydrogens is 214 g/mol. The van der Waals surface area contributed by atoms with Crippen LogP contribution in [0.25, 0.3) is 0 Å². The number of aliphatic hydroxyl groups excluding tert-OH is 1. The van der Waals surface area contributed by atoms with E-state index in [0.29, 0.717) is 12.6 Å². The predicted molar refractivity (Wildman–Crippen MR) is 68.1 cm³/mol. The number of benzene rings is 1. The second-order valence-corrected chi connectivity index (χ2v) is 4.54. The number of ether oxygens (including phenoxy) is 1. The highest BCUT2D eigenvalue weighted by Gasteiger charge is 2.14. The van der Waals surface area contributed by atoms with Gasteiger partial charge in [0.05, 0.1) is 6.61 Å². The molecule has 1 aliphatic rings. The molecule has 94 valence electrons. The maximum absolute atomic E-state index is 8.78. The average molecular weight is 235 g/mol. The van der Waals surface area contributed by atoms with Crippen molar-refractivity contribution >= 4 is 0 Å². The molecule has 1 aromatic rings. The average Bonchev–Trinajstić information content (AvgIpc) is 2.88. The molecule has 1 fully saturated rings. The molecule has 17 heavy (non-hydrogen) atoms. The Bertz CT molecular complexity index is 335. The highest BCUT2D eigenvalue weighted by Crippen LogP contribution is 2.21. The largest absolute Gasteiger partial charge is 0.491 e. The van der Waals surface area contributed by atoms with Crippen molar-refractivity contribution in [3.63, 3.8) is 0 Å². The van der Waals surface area contributed by atoms with Crippen LogP contribution >= 0.6 is 0 Å². The first-order chi connectivity index (χ1) is 8.40. The van der Waals surface area contributed by atoms with Gasteiger partial charge in [-0.1, -0.05) is 31.0 Å². The van der Waals surface area contributed by atoms with Crippen LogP contribution in [0.15, 0.2) is 24.3 Å². The quantitative estimate of drug-likeness (QED) is 0.793. The smallest absolute Gasteiger partial charge is 0.123 e. The molecule has 0 amide bonds. The molecule has 3 nitrogen and oxygen atoms in total. The third kappa shape index (κ3) is 3.72. The molecule has 1 aromatic carbocycles. The molecule has 0 spiro atoms. The lowest BCUT2D eigenvalue weighted by Crippen LogP contribution is -2.25. The Balaban J connectivity index is 1.89. The second kappa shape index (κ2) is 6.62. The SMILES string of the molecule is OCCOc1ccccc1CNC1CCCC1. The number of hydrogen-bond acceptors (Lipinski definition) is 3. The van der Waals surface area contributed by atoms with Crippen molar-refractivity contribution < 1.29 is 9.84 Å². The Hall–Kier alpha value is -1.06. The monoisotopic (exact) mass is 235 g/mol. The maximum atomic E-state index is 8.78. The summed E-state index contributed by atoms with van der Waals surface area (Å²) in [7, 11) is 0. The second-order valence-electron chi connectivity index (χ2n) is 4.54. The maximum Gasteiger partial charge on any atom is 0.123 e. The van der Waals surface area contributed by atoms with Crippen molar-refractivity contribution in [2.45, 2.75) is 38.3 Å². The fourth-order valence-corrected chi connectivity index (χ4v) is 2.33. The van der Waals surface area contributed by atoms with E-state index in [0.717, 1.165) is 12.3 Å². The first kappa shape index (κ1) is 12.4. The Labute approximate surface area is 103 Å². The number of nitrogens with one attached hydrogen (secondary N) is 1. The van der Waals surface area contributed by atoms with Gasteiger partial charge in [-0.2, -0.15) is 0 Å². The molecule has 2 rings (SSSR count). The molecule has 0 radical (unpaired) electrons. The minimum absolute atomic E-state index is 0.0599. The van der Waals surface area contributed by atoms with Crippen LogP contribution in [-0.4, -0.2) is 24.4 Å². The zero-order valence-electron chi connectivity index (χ0n) is 10.2. The van der Waals surface area contributed by atoms with Crippen molar-refractivity contribution in [1.29, 1.82) is 0 Å². The highest BCUT2D eigenvalue weighted by atomic mass is 16.5. The van der Waals surface area contributed by atoms with Gasteiger partial charge in [-0.15, -0.1) is 0 Å². The highest BCUT2D eigenvalue weighted by molar-refractivity contribution is 5.33. The zero-order valence-corrected chi connectivity index (χ0v) is 10.2. The zero-order chi connectivity index (χ0) is 11.9. The van der Waals surface area contributed by atoms with E-state index in [-0.39, 0.29) is 6.61 Å². The molecule has 0 aliphatic heterocycles. The summed E-state index contributed by atoms with van der Waals surface area (Å²) in [6.07, 6.45) is 5.28. The summed E-state index contributed by atoms with van der Waals surface area (Å²) in [6, 6.07) is 8.69. The van der Waals surface area contributed by atoms with Crippen LogP contribution in [0.1, 0.15) is 31.2 Å². The first-order valence-electron chi connectivity index (χ1n) is 6.45. The molecule has 3 heteroatoms. The molecule has 0 bridgehead atoms. The lowest BCUT2D eigenvalue weighted by atomic mass is 10.1. The van der Waals surface area contributed by atoms with Crippen molar-refractivity contribution in [1.82, 2.24) is 5.32 Å². The van der Waals surface area contributed by atoms with Gasteiger partial charge >= 0.3 is 0 Å². The van der Waals surface area contributed by atoms with Crippen LogP contribution in [0.3, 0.4) is 0 Å². The molecule has 2 N–H and O–H groups in total. The van der Waals surface area contributed by atoms with Gasteiger partial charge in [0.1, 0.15) is 12.4 Å². The lowest BCUT2D eigenvalue weighted by Gasteiger charge is -2.14. The van der Waals surface area contributed by atoms with E-state index in [2.05, 4.69) is 11.4 Å². The van der Waals surface area contributed by atoms with E-state index in [1.807, 2.05) is 18.2 Å². The number of para-hydroxylation sites is 1. The first-order valence-corrected chi connectivity index (χ1v) is 6.45. The summed E-state index contributed by atoms with van der Waals surface area (Å²) in [5, 5.41) is 12.4. The van der Waals surface area contributed by atoms with Crippen LogP contribution in [0, 0.1) is 0 Å². The van der Waals surface area contributed by atoms with Gasteiger partial charge < -0.3 is 15.2 Å². The van der Waals surface area contributed by atoms with Crippen LogP contribution in [0.5, 0.6) is 5.75 Å². The number of rotatable bonds is 6. The van der Waals surface area contributed by atoms with Gasteiger partial charge in [0.25, 0.3) is 0 Å². The normalized spacial score (nSPS) is 16.3. The van der Waals surface area contributed by atoms with E-state index in [9.17, 15) is 0 Å². The summed E-state index contributed by atoms with van der Waals surface area (Å²) in [6.45, 7) is 1.27. The van der Waals surface area contributed by atoms with Gasteiger partial charge in [0.15, 0.2) is 0 Å². The Kier molecular flexibility index (Phi) is 4.83. The van der Waals surface area contributed by atoms with Crippen molar-refractivity contribution in [3.8, 4) is 5.75 Å².